The Bertz CT molecular complexity index is 1470. The number of carboxylic acid groups (broad SMARTS) is 1. The maximum absolute atomic E-state index is 13.8. The van der Waals surface area contributed by atoms with Crippen LogP contribution >= 0.6 is 0 Å². The zero-order valence-electron chi connectivity index (χ0n) is 24.1. The summed E-state index contributed by atoms with van der Waals surface area (Å²) in [4.78, 5) is 58.3. The van der Waals surface area contributed by atoms with E-state index < -0.39 is 47.5 Å². The van der Waals surface area contributed by atoms with Gasteiger partial charge < -0.3 is 24.6 Å². The summed E-state index contributed by atoms with van der Waals surface area (Å²) in [7, 11) is 1.37. The predicted octanol–water partition coefficient (Wildman–Crippen LogP) is 4.97. The number of aliphatic carboxylic acids is 1. The molecule has 0 radical (unpaired) electrons. The van der Waals surface area contributed by atoms with E-state index in [-0.39, 0.29) is 37.4 Å². The number of rotatable bonds is 8. The molecule has 1 saturated heterocycles. The summed E-state index contributed by atoms with van der Waals surface area (Å²) in [5.41, 5.74) is -1.47. The molecule has 2 aromatic carbocycles. The second kappa shape index (κ2) is 12.5. The Balaban J connectivity index is 1.63. The highest BCUT2D eigenvalue weighted by Gasteiger charge is 2.53. The second-order valence-corrected chi connectivity index (χ2v) is 11.2. The number of ketones is 1. The highest BCUT2D eigenvalue weighted by Crippen LogP contribution is 2.36. The average molecular weight is 578 g/mol. The van der Waals surface area contributed by atoms with E-state index >= 15 is 0 Å². The molecule has 11 nitrogen and oxygen atoms in total. The summed E-state index contributed by atoms with van der Waals surface area (Å²) >= 11 is 0. The fourth-order valence-electron chi connectivity index (χ4n) is 5.02. The van der Waals surface area contributed by atoms with E-state index in [0.717, 1.165) is 10.5 Å². The van der Waals surface area contributed by atoms with Gasteiger partial charge in [-0.1, -0.05) is 48.5 Å². The van der Waals surface area contributed by atoms with E-state index in [1.807, 2.05) is 30.3 Å². The lowest BCUT2D eigenvalue weighted by atomic mass is 9.79. The molecule has 1 fully saturated rings. The van der Waals surface area contributed by atoms with Gasteiger partial charge in [-0.15, -0.1) is 0 Å². The van der Waals surface area contributed by atoms with Crippen molar-refractivity contribution in [2.24, 2.45) is 0 Å². The number of Topliss-reactive ketones (excluding diaryl/α,β-unsaturated/α-hetero) is 1. The van der Waals surface area contributed by atoms with Crippen LogP contribution in [-0.4, -0.2) is 69.8 Å². The van der Waals surface area contributed by atoms with Gasteiger partial charge >= 0.3 is 18.2 Å². The van der Waals surface area contributed by atoms with Crippen LogP contribution in [0.15, 0.2) is 60.7 Å². The summed E-state index contributed by atoms with van der Waals surface area (Å²) < 4.78 is 16.2. The van der Waals surface area contributed by atoms with Gasteiger partial charge in [0.15, 0.2) is 11.3 Å². The number of alkyl carbamates (subject to hydrolysis) is 1. The number of methoxy groups -OCH3 is 1. The maximum Gasteiger partial charge on any atom is 0.411 e. The van der Waals surface area contributed by atoms with Crippen molar-refractivity contribution in [1.29, 1.82) is 0 Å². The Morgan fingerprint density at radius 1 is 1.07 bits per heavy atom. The van der Waals surface area contributed by atoms with Gasteiger partial charge in [-0.3, -0.25) is 9.69 Å². The number of benzene rings is 2. The smallest absolute Gasteiger partial charge is 0.411 e. The number of carbonyl (C=O) groups is 4. The van der Waals surface area contributed by atoms with Crippen molar-refractivity contribution in [2.45, 2.75) is 63.8 Å². The van der Waals surface area contributed by atoms with Gasteiger partial charge in [0.2, 0.25) is 5.88 Å². The second-order valence-electron chi connectivity index (χ2n) is 11.2. The van der Waals surface area contributed by atoms with Gasteiger partial charge in [0, 0.05) is 30.8 Å². The number of carboxylic acids is 1. The number of nitrogens with one attached hydrogen (secondary N) is 1. The molecular formula is C31H35N3O8. The number of aromatic nitrogens is 1. The highest BCUT2D eigenvalue weighted by molar-refractivity contribution is 6.04. The number of ether oxygens (including phenoxy) is 3. The molecule has 42 heavy (non-hydrogen) atoms. The monoisotopic (exact) mass is 577 g/mol. The summed E-state index contributed by atoms with van der Waals surface area (Å²) in [5.74, 6) is -1.95. The Morgan fingerprint density at radius 3 is 2.43 bits per heavy atom. The Labute approximate surface area is 243 Å². The van der Waals surface area contributed by atoms with E-state index in [1.165, 1.54) is 7.11 Å². The standard InChI is InChI=1S/C31H35N3O8/c1-30(2,3)42-29(39)34-15-14-22(32-28(38)41-19-20-10-6-5-7-11-20)17-31(34,27(36)37)18-25(35)23-16-21-12-8-9-13-24(21)33-26(23)40-4/h5-13,16,22H,14-15,17-19H2,1-4H3,(H,32,38)(H,36,37)/t22?,31-/m0/s1. The average Bonchev–Trinajstić information content (AvgIpc) is 2.95. The molecule has 222 valence electrons. The molecule has 4 rings (SSSR count). The molecule has 1 aliphatic rings. The van der Waals surface area contributed by atoms with Crippen molar-refractivity contribution in [1.82, 2.24) is 15.2 Å². The van der Waals surface area contributed by atoms with E-state index in [1.54, 1.807) is 51.1 Å². The van der Waals surface area contributed by atoms with Crippen molar-refractivity contribution in [2.75, 3.05) is 13.7 Å². The topological polar surface area (TPSA) is 144 Å². The summed E-state index contributed by atoms with van der Waals surface area (Å²) in [6.45, 7) is 4.95. The third kappa shape index (κ3) is 6.96. The Kier molecular flexibility index (Phi) is 8.99. The summed E-state index contributed by atoms with van der Waals surface area (Å²) in [5, 5.41) is 14.0. The van der Waals surface area contributed by atoms with Gasteiger partial charge in [0.1, 0.15) is 12.2 Å². The van der Waals surface area contributed by atoms with Gasteiger partial charge in [0.25, 0.3) is 0 Å². The number of carbonyl (C=O) groups excluding carboxylic acids is 3. The molecule has 0 bridgehead atoms. The molecule has 2 amide bonds. The number of hydrogen-bond acceptors (Lipinski definition) is 8. The molecule has 1 aromatic heterocycles. The van der Waals surface area contributed by atoms with E-state index in [0.29, 0.717) is 10.9 Å². The number of fused-ring (bicyclic) bond motifs is 1. The lowest BCUT2D eigenvalue weighted by Gasteiger charge is -2.46. The van der Waals surface area contributed by atoms with Crippen LogP contribution in [-0.2, 0) is 20.9 Å². The zero-order valence-corrected chi connectivity index (χ0v) is 24.1. The summed E-state index contributed by atoms with van der Waals surface area (Å²) in [6.07, 6.45) is -2.23. The number of para-hydroxylation sites is 1. The fraction of sp³-hybridized carbons (Fsp3) is 0.387. The largest absolute Gasteiger partial charge is 0.480 e. The van der Waals surface area contributed by atoms with Crippen LogP contribution in [0.4, 0.5) is 9.59 Å². The highest BCUT2D eigenvalue weighted by atomic mass is 16.6. The quantitative estimate of drug-likeness (QED) is 0.355. The molecule has 2 heterocycles. The van der Waals surface area contributed by atoms with E-state index in [4.69, 9.17) is 14.2 Å². The predicted molar refractivity (Wildman–Crippen MR) is 153 cm³/mol. The molecule has 3 aromatic rings. The fourth-order valence-corrected chi connectivity index (χ4v) is 5.02. The zero-order chi connectivity index (χ0) is 30.5. The van der Waals surface area contributed by atoms with Crippen molar-refractivity contribution < 1.29 is 38.5 Å². The van der Waals surface area contributed by atoms with E-state index in [9.17, 15) is 24.3 Å². The maximum atomic E-state index is 13.8. The van der Waals surface area contributed by atoms with Gasteiger partial charge in [-0.05, 0) is 44.9 Å². The normalized spacial score (nSPS) is 18.7. The molecular weight excluding hydrogens is 542 g/mol. The number of amides is 2. The number of nitrogens with zero attached hydrogens (tertiary/aromatic N) is 2. The third-order valence-corrected chi connectivity index (χ3v) is 6.98. The van der Waals surface area contributed by atoms with Crippen molar-refractivity contribution in [3.8, 4) is 5.88 Å². The van der Waals surface area contributed by atoms with Crippen LogP contribution in [0.25, 0.3) is 10.9 Å². The summed E-state index contributed by atoms with van der Waals surface area (Å²) in [6, 6.07) is 17.1. The third-order valence-electron chi connectivity index (χ3n) is 6.98. The Morgan fingerprint density at radius 2 is 1.76 bits per heavy atom. The van der Waals surface area contributed by atoms with Crippen molar-refractivity contribution >= 4 is 34.8 Å². The minimum absolute atomic E-state index is 0.0285. The molecule has 11 heteroatoms. The number of piperidine rings is 1. The first kappa shape index (κ1) is 30.3. The number of pyridine rings is 1. The lowest BCUT2D eigenvalue weighted by molar-refractivity contribution is -0.154. The molecule has 0 aliphatic carbocycles. The lowest BCUT2D eigenvalue weighted by Crippen LogP contribution is -2.65. The first-order chi connectivity index (χ1) is 19.9. The van der Waals surface area contributed by atoms with Crippen LogP contribution in [0.5, 0.6) is 5.88 Å². The first-order valence-electron chi connectivity index (χ1n) is 13.6. The van der Waals surface area contributed by atoms with Crippen LogP contribution in [0.2, 0.25) is 0 Å². The number of hydrogen-bond donors (Lipinski definition) is 2. The van der Waals surface area contributed by atoms with Gasteiger partial charge in [-0.2, -0.15) is 0 Å². The van der Waals surface area contributed by atoms with E-state index in [2.05, 4.69) is 10.3 Å². The molecule has 0 spiro atoms. The number of likely N-dealkylation sites (tertiary alicyclic amines) is 1. The van der Waals surface area contributed by atoms with Crippen LogP contribution in [0, 0.1) is 0 Å². The van der Waals surface area contributed by atoms with Crippen LogP contribution < -0.4 is 10.1 Å². The molecule has 1 unspecified atom stereocenters. The van der Waals surface area contributed by atoms with Crippen molar-refractivity contribution in [3.05, 3.63) is 71.8 Å². The van der Waals surface area contributed by atoms with Gasteiger partial charge in [0.05, 0.1) is 18.2 Å². The first-order valence-corrected chi connectivity index (χ1v) is 13.6. The Hall–Kier alpha value is -4.67. The van der Waals surface area contributed by atoms with Crippen molar-refractivity contribution in [3.63, 3.8) is 0 Å². The SMILES string of the molecule is COc1nc2ccccc2cc1C(=O)C[C@]1(C(=O)O)CC(NC(=O)OCc2ccccc2)CCN1C(=O)OC(C)(C)C. The minimum atomic E-state index is -2.04. The molecule has 1 aliphatic heterocycles. The minimum Gasteiger partial charge on any atom is -0.480 e. The van der Waals surface area contributed by atoms with Gasteiger partial charge in [-0.25, -0.2) is 19.4 Å². The molecule has 2 atom stereocenters. The molecule has 0 saturated carbocycles. The van der Waals surface area contributed by atoms with Crippen LogP contribution in [0.1, 0.15) is 56.0 Å². The van der Waals surface area contributed by atoms with Crippen LogP contribution in [0.3, 0.4) is 0 Å². The molecule has 2 N–H and O–H groups in total.